The summed E-state index contributed by atoms with van der Waals surface area (Å²) < 4.78 is 0. The van der Waals surface area contributed by atoms with Crippen LogP contribution in [-0.2, 0) is 0 Å². The predicted molar refractivity (Wildman–Crippen MR) is 59.7 cm³/mol. The van der Waals surface area contributed by atoms with Crippen molar-refractivity contribution in [2.75, 3.05) is 0 Å². The van der Waals surface area contributed by atoms with Crippen LogP contribution in [0.5, 0.6) is 0 Å². The zero-order chi connectivity index (χ0) is 10.0. The molecule has 1 aromatic rings. The van der Waals surface area contributed by atoms with E-state index in [4.69, 9.17) is 23.2 Å². The molecule has 0 amide bonds. The summed E-state index contributed by atoms with van der Waals surface area (Å²) in [6.07, 6.45) is 0. The van der Waals surface area contributed by atoms with E-state index in [2.05, 4.69) is 20.8 Å². The molecule has 0 N–H and O–H groups in total. The van der Waals surface area contributed by atoms with Crippen molar-refractivity contribution >= 4 is 23.2 Å². The van der Waals surface area contributed by atoms with Gasteiger partial charge in [-0.3, -0.25) is 0 Å². The van der Waals surface area contributed by atoms with E-state index in [1.807, 2.05) is 12.1 Å². The predicted octanol–water partition coefficient (Wildman–Crippen LogP) is 4.75. The maximum absolute atomic E-state index is 5.91. The van der Waals surface area contributed by atoms with E-state index in [0.29, 0.717) is 11.8 Å². The van der Waals surface area contributed by atoms with E-state index in [1.54, 1.807) is 6.07 Å². The van der Waals surface area contributed by atoms with E-state index >= 15 is 0 Å². The van der Waals surface area contributed by atoms with Gasteiger partial charge < -0.3 is 0 Å². The number of hydrogen-bond acceptors (Lipinski definition) is 0. The van der Waals surface area contributed by atoms with Gasteiger partial charge in [-0.1, -0.05) is 44.0 Å². The Kier molecular flexibility index (Phi) is 3.63. The maximum atomic E-state index is 5.91. The van der Waals surface area contributed by atoms with Crippen LogP contribution in [0.15, 0.2) is 18.2 Å². The largest absolute Gasteiger partial charge is 0.0843 e. The maximum Gasteiger partial charge on any atom is 0.0423 e. The Bertz CT molecular complexity index is 272. The zero-order valence-corrected chi connectivity index (χ0v) is 9.65. The monoisotopic (exact) mass is 216 g/mol. The molecule has 0 saturated heterocycles. The van der Waals surface area contributed by atoms with E-state index < -0.39 is 0 Å². The van der Waals surface area contributed by atoms with Crippen LogP contribution in [0.2, 0.25) is 10.0 Å². The first kappa shape index (κ1) is 10.9. The van der Waals surface area contributed by atoms with Crippen LogP contribution >= 0.6 is 23.2 Å². The molecule has 0 heterocycles. The molecular formula is C11H14Cl2. The molecule has 0 aliphatic carbocycles. The Hall–Kier alpha value is -0.200. The fraction of sp³-hybridized carbons (Fsp3) is 0.455. The van der Waals surface area contributed by atoms with Gasteiger partial charge in [0.1, 0.15) is 0 Å². The molecule has 0 nitrogen and oxygen atoms in total. The summed E-state index contributed by atoms with van der Waals surface area (Å²) in [4.78, 5) is 0. The lowest BCUT2D eigenvalue weighted by Gasteiger charge is -2.16. The molecule has 0 spiro atoms. The molecule has 1 unspecified atom stereocenters. The van der Waals surface area contributed by atoms with Crippen molar-refractivity contribution in [3.63, 3.8) is 0 Å². The zero-order valence-electron chi connectivity index (χ0n) is 8.14. The summed E-state index contributed by atoms with van der Waals surface area (Å²) in [7, 11) is 0. The normalized spacial score (nSPS) is 13.4. The van der Waals surface area contributed by atoms with Crippen LogP contribution in [-0.4, -0.2) is 0 Å². The standard InChI is InChI=1S/C11H14Cl2/c1-7(2)8(3)9-4-10(12)6-11(13)5-9/h4-8H,1-3H3. The highest BCUT2D eigenvalue weighted by atomic mass is 35.5. The van der Waals surface area contributed by atoms with Crippen molar-refractivity contribution in [1.29, 1.82) is 0 Å². The first-order chi connectivity index (χ1) is 6.00. The molecule has 0 aliphatic rings. The van der Waals surface area contributed by atoms with Gasteiger partial charge in [0.05, 0.1) is 0 Å². The third-order valence-electron chi connectivity index (χ3n) is 2.41. The third kappa shape index (κ3) is 2.89. The molecule has 0 fully saturated rings. The fourth-order valence-electron chi connectivity index (χ4n) is 1.22. The van der Waals surface area contributed by atoms with Crippen molar-refractivity contribution in [3.05, 3.63) is 33.8 Å². The van der Waals surface area contributed by atoms with E-state index in [1.165, 1.54) is 5.56 Å². The van der Waals surface area contributed by atoms with Crippen molar-refractivity contribution in [2.45, 2.75) is 26.7 Å². The second-order valence-corrected chi connectivity index (χ2v) is 4.61. The molecule has 2 heteroatoms. The third-order valence-corrected chi connectivity index (χ3v) is 2.85. The molecule has 1 aromatic carbocycles. The minimum atomic E-state index is 0.496. The number of halogens is 2. The molecule has 0 aliphatic heterocycles. The molecule has 0 saturated carbocycles. The van der Waals surface area contributed by atoms with Gasteiger partial charge in [0.15, 0.2) is 0 Å². The molecular weight excluding hydrogens is 203 g/mol. The first-order valence-electron chi connectivity index (χ1n) is 4.46. The Morgan fingerprint density at radius 2 is 1.38 bits per heavy atom. The highest BCUT2D eigenvalue weighted by Gasteiger charge is 2.10. The first-order valence-corrected chi connectivity index (χ1v) is 5.22. The topological polar surface area (TPSA) is 0 Å². The Balaban J connectivity index is 3.01. The highest BCUT2D eigenvalue weighted by molar-refractivity contribution is 6.34. The van der Waals surface area contributed by atoms with Gasteiger partial charge in [0, 0.05) is 10.0 Å². The smallest absolute Gasteiger partial charge is 0.0423 e. The number of hydrogen-bond donors (Lipinski definition) is 0. The minimum absolute atomic E-state index is 0.496. The number of benzene rings is 1. The molecule has 72 valence electrons. The fourth-order valence-corrected chi connectivity index (χ4v) is 1.77. The SMILES string of the molecule is CC(C)C(C)c1cc(Cl)cc(Cl)c1. The van der Waals surface area contributed by atoms with Crippen molar-refractivity contribution in [3.8, 4) is 0 Å². The lowest BCUT2D eigenvalue weighted by Crippen LogP contribution is -2.01. The van der Waals surface area contributed by atoms with Crippen LogP contribution in [0.4, 0.5) is 0 Å². The van der Waals surface area contributed by atoms with Gasteiger partial charge >= 0.3 is 0 Å². The Morgan fingerprint density at radius 3 is 1.77 bits per heavy atom. The Morgan fingerprint density at radius 1 is 0.923 bits per heavy atom. The van der Waals surface area contributed by atoms with Crippen LogP contribution in [0.3, 0.4) is 0 Å². The summed E-state index contributed by atoms with van der Waals surface area (Å²) in [6.45, 7) is 6.58. The Labute approximate surface area is 89.9 Å². The van der Waals surface area contributed by atoms with Gasteiger partial charge in [0.2, 0.25) is 0 Å². The van der Waals surface area contributed by atoms with Crippen LogP contribution in [0, 0.1) is 5.92 Å². The van der Waals surface area contributed by atoms with E-state index in [-0.39, 0.29) is 0 Å². The lowest BCUT2D eigenvalue weighted by atomic mass is 9.90. The van der Waals surface area contributed by atoms with Crippen LogP contribution < -0.4 is 0 Å². The number of rotatable bonds is 2. The van der Waals surface area contributed by atoms with E-state index in [9.17, 15) is 0 Å². The van der Waals surface area contributed by atoms with Gasteiger partial charge in [-0.25, -0.2) is 0 Å². The van der Waals surface area contributed by atoms with Gasteiger partial charge in [-0.15, -0.1) is 0 Å². The average molecular weight is 217 g/mol. The van der Waals surface area contributed by atoms with Gasteiger partial charge in [-0.2, -0.15) is 0 Å². The molecule has 13 heavy (non-hydrogen) atoms. The average Bonchev–Trinajstić information content (AvgIpc) is 2.01. The van der Waals surface area contributed by atoms with Crippen molar-refractivity contribution in [1.82, 2.24) is 0 Å². The van der Waals surface area contributed by atoms with Crippen LogP contribution in [0.25, 0.3) is 0 Å². The molecule has 0 bridgehead atoms. The summed E-state index contributed by atoms with van der Waals surface area (Å²) in [5.74, 6) is 1.10. The molecule has 1 atom stereocenters. The quantitative estimate of drug-likeness (QED) is 0.670. The van der Waals surface area contributed by atoms with Gasteiger partial charge in [0.25, 0.3) is 0 Å². The summed E-state index contributed by atoms with van der Waals surface area (Å²) in [6, 6.07) is 5.73. The van der Waals surface area contributed by atoms with Gasteiger partial charge in [-0.05, 0) is 35.6 Å². The second-order valence-electron chi connectivity index (χ2n) is 3.74. The second kappa shape index (κ2) is 4.34. The van der Waals surface area contributed by atoms with Crippen molar-refractivity contribution in [2.24, 2.45) is 5.92 Å². The highest BCUT2D eigenvalue weighted by Crippen LogP contribution is 2.28. The molecule has 0 aromatic heterocycles. The van der Waals surface area contributed by atoms with Crippen LogP contribution in [0.1, 0.15) is 32.3 Å². The van der Waals surface area contributed by atoms with E-state index in [0.717, 1.165) is 10.0 Å². The minimum Gasteiger partial charge on any atom is -0.0843 e. The summed E-state index contributed by atoms with van der Waals surface area (Å²) in [5.41, 5.74) is 1.22. The molecule has 1 rings (SSSR count). The summed E-state index contributed by atoms with van der Waals surface area (Å²) in [5, 5.41) is 1.44. The van der Waals surface area contributed by atoms with Crippen molar-refractivity contribution < 1.29 is 0 Å². The summed E-state index contributed by atoms with van der Waals surface area (Å²) >= 11 is 11.8. The molecule has 0 radical (unpaired) electrons. The lowest BCUT2D eigenvalue weighted by molar-refractivity contribution is 0.535.